The highest BCUT2D eigenvalue weighted by atomic mass is 79.9. The average Bonchev–Trinajstić information content (AvgIpc) is 2.63. The number of benzene rings is 2. The molecule has 0 unspecified atom stereocenters. The Hall–Kier alpha value is -2.18. The minimum atomic E-state index is -0.238. The predicted octanol–water partition coefficient (Wildman–Crippen LogP) is 3.05. The molecule has 1 saturated heterocycles. The largest absolute Gasteiger partial charge is 0.378 e. The van der Waals surface area contributed by atoms with Crippen LogP contribution in [0.5, 0.6) is 0 Å². The molecule has 1 aliphatic rings. The first kappa shape index (κ1) is 16.7. The maximum atomic E-state index is 12.0. The molecule has 1 aliphatic heterocycles. The minimum absolute atomic E-state index is 0.238. The van der Waals surface area contributed by atoms with Gasteiger partial charge in [-0.1, -0.05) is 34.1 Å². The number of hydrogen-bond donors (Lipinski definition) is 1. The van der Waals surface area contributed by atoms with Gasteiger partial charge in [-0.25, -0.2) is 5.43 Å². The summed E-state index contributed by atoms with van der Waals surface area (Å²) >= 11 is 3.34. The van der Waals surface area contributed by atoms with E-state index in [0.717, 1.165) is 36.3 Å². The minimum Gasteiger partial charge on any atom is -0.378 e. The number of rotatable bonds is 4. The zero-order chi connectivity index (χ0) is 16.8. The standard InChI is InChI=1S/C18H18BrN3O2/c19-16-3-1-2-15(12-16)18(23)21-20-13-14-4-6-17(7-5-14)22-8-10-24-11-9-22/h1-7,12-13H,8-11H2,(H,21,23)/b20-13-. The van der Waals surface area contributed by atoms with Gasteiger partial charge in [0.2, 0.25) is 0 Å². The lowest BCUT2D eigenvalue weighted by Crippen LogP contribution is -2.36. The summed E-state index contributed by atoms with van der Waals surface area (Å²) in [7, 11) is 0. The zero-order valence-corrected chi connectivity index (χ0v) is 14.7. The van der Waals surface area contributed by atoms with E-state index in [4.69, 9.17) is 4.74 Å². The quantitative estimate of drug-likeness (QED) is 0.647. The highest BCUT2D eigenvalue weighted by Crippen LogP contribution is 2.16. The second-order valence-electron chi connectivity index (χ2n) is 5.40. The summed E-state index contributed by atoms with van der Waals surface area (Å²) in [4.78, 5) is 14.3. The third kappa shape index (κ3) is 4.43. The first-order valence-corrected chi connectivity index (χ1v) is 8.53. The molecule has 2 aromatic carbocycles. The fraction of sp³-hybridized carbons (Fsp3) is 0.222. The van der Waals surface area contributed by atoms with E-state index in [1.54, 1.807) is 18.3 Å². The lowest BCUT2D eigenvalue weighted by Gasteiger charge is -2.28. The van der Waals surface area contributed by atoms with Crippen LogP contribution in [0.1, 0.15) is 15.9 Å². The van der Waals surface area contributed by atoms with Crippen LogP contribution in [-0.4, -0.2) is 38.4 Å². The lowest BCUT2D eigenvalue weighted by molar-refractivity contribution is 0.0955. The third-order valence-electron chi connectivity index (χ3n) is 3.74. The number of nitrogens with one attached hydrogen (secondary N) is 1. The van der Waals surface area contributed by atoms with Gasteiger partial charge < -0.3 is 9.64 Å². The summed E-state index contributed by atoms with van der Waals surface area (Å²) in [6.07, 6.45) is 1.64. The molecule has 3 rings (SSSR count). The van der Waals surface area contributed by atoms with E-state index in [1.165, 1.54) is 5.69 Å². The number of halogens is 1. The Morgan fingerprint density at radius 1 is 1.17 bits per heavy atom. The van der Waals surface area contributed by atoms with Crippen molar-refractivity contribution in [2.24, 2.45) is 5.10 Å². The lowest BCUT2D eigenvalue weighted by atomic mass is 10.2. The van der Waals surface area contributed by atoms with Gasteiger partial charge in [0.05, 0.1) is 19.4 Å². The van der Waals surface area contributed by atoms with Crippen molar-refractivity contribution in [3.05, 3.63) is 64.1 Å². The molecule has 0 bridgehead atoms. The first-order valence-electron chi connectivity index (χ1n) is 7.74. The average molecular weight is 388 g/mol. The Bertz CT molecular complexity index is 725. The van der Waals surface area contributed by atoms with Gasteiger partial charge in [0.25, 0.3) is 5.91 Å². The van der Waals surface area contributed by atoms with Crippen LogP contribution >= 0.6 is 15.9 Å². The van der Waals surface area contributed by atoms with E-state index >= 15 is 0 Å². The Labute approximate surface area is 149 Å². The van der Waals surface area contributed by atoms with E-state index in [0.29, 0.717) is 5.56 Å². The molecule has 5 nitrogen and oxygen atoms in total. The second kappa shape index (κ2) is 8.08. The number of anilines is 1. The van der Waals surface area contributed by atoms with Crippen LogP contribution in [-0.2, 0) is 4.74 Å². The van der Waals surface area contributed by atoms with Gasteiger partial charge in [0, 0.05) is 28.8 Å². The van der Waals surface area contributed by atoms with E-state index in [1.807, 2.05) is 24.3 Å². The van der Waals surface area contributed by atoms with E-state index in [9.17, 15) is 4.79 Å². The fourth-order valence-corrected chi connectivity index (χ4v) is 2.85. The number of nitrogens with zero attached hydrogens (tertiary/aromatic N) is 2. The Morgan fingerprint density at radius 3 is 2.62 bits per heavy atom. The molecule has 0 aliphatic carbocycles. The van der Waals surface area contributed by atoms with E-state index in [-0.39, 0.29) is 5.91 Å². The number of ether oxygens (including phenoxy) is 1. The molecule has 0 atom stereocenters. The van der Waals surface area contributed by atoms with Gasteiger partial charge in [-0.3, -0.25) is 4.79 Å². The number of carbonyl (C=O) groups is 1. The SMILES string of the molecule is O=C(N/N=C\c1ccc(N2CCOCC2)cc1)c1cccc(Br)c1. The van der Waals surface area contributed by atoms with Crippen molar-refractivity contribution in [2.45, 2.75) is 0 Å². The van der Waals surface area contributed by atoms with Crippen molar-refractivity contribution in [3.63, 3.8) is 0 Å². The van der Waals surface area contributed by atoms with Crippen LogP contribution in [0, 0.1) is 0 Å². The Morgan fingerprint density at radius 2 is 1.92 bits per heavy atom. The molecule has 2 aromatic rings. The molecule has 1 amide bonds. The molecule has 0 aromatic heterocycles. The summed E-state index contributed by atoms with van der Waals surface area (Å²) < 4.78 is 6.22. The van der Waals surface area contributed by atoms with Gasteiger partial charge >= 0.3 is 0 Å². The molecule has 1 heterocycles. The van der Waals surface area contributed by atoms with Crippen LogP contribution in [0.3, 0.4) is 0 Å². The van der Waals surface area contributed by atoms with Crippen LogP contribution in [0.25, 0.3) is 0 Å². The topological polar surface area (TPSA) is 53.9 Å². The Kier molecular flexibility index (Phi) is 5.61. The molecule has 0 spiro atoms. The van der Waals surface area contributed by atoms with Crippen LogP contribution in [0.4, 0.5) is 5.69 Å². The zero-order valence-electron chi connectivity index (χ0n) is 13.1. The summed E-state index contributed by atoms with van der Waals surface area (Å²) in [5.41, 5.74) is 5.20. The highest BCUT2D eigenvalue weighted by molar-refractivity contribution is 9.10. The normalized spacial score (nSPS) is 14.8. The molecule has 1 fully saturated rings. The second-order valence-corrected chi connectivity index (χ2v) is 6.32. The number of carbonyl (C=O) groups excluding carboxylic acids is 1. The van der Waals surface area contributed by atoms with Crippen molar-refractivity contribution in [1.29, 1.82) is 0 Å². The highest BCUT2D eigenvalue weighted by Gasteiger charge is 2.10. The molecule has 124 valence electrons. The molecule has 0 radical (unpaired) electrons. The van der Waals surface area contributed by atoms with E-state index in [2.05, 4.69) is 43.5 Å². The van der Waals surface area contributed by atoms with Gasteiger partial charge in [-0.05, 0) is 35.9 Å². The van der Waals surface area contributed by atoms with Crippen molar-refractivity contribution < 1.29 is 9.53 Å². The van der Waals surface area contributed by atoms with Crippen LogP contribution < -0.4 is 10.3 Å². The number of morpholine rings is 1. The van der Waals surface area contributed by atoms with Crippen molar-refractivity contribution in [3.8, 4) is 0 Å². The van der Waals surface area contributed by atoms with Crippen LogP contribution in [0.15, 0.2) is 58.1 Å². The van der Waals surface area contributed by atoms with Gasteiger partial charge in [-0.15, -0.1) is 0 Å². The molecule has 1 N–H and O–H groups in total. The van der Waals surface area contributed by atoms with Gasteiger partial charge in [0.15, 0.2) is 0 Å². The maximum absolute atomic E-state index is 12.0. The Balaban J connectivity index is 1.57. The fourth-order valence-electron chi connectivity index (χ4n) is 2.45. The summed E-state index contributed by atoms with van der Waals surface area (Å²) in [5, 5.41) is 4.02. The number of hydrazone groups is 1. The summed E-state index contributed by atoms with van der Waals surface area (Å²) in [6.45, 7) is 3.36. The molecule has 0 saturated carbocycles. The molecular formula is C18H18BrN3O2. The van der Waals surface area contributed by atoms with Crippen molar-refractivity contribution in [2.75, 3.05) is 31.2 Å². The first-order chi connectivity index (χ1) is 11.7. The van der Waals surface area contributed by atoms with Crippen LogP contribution in [0.2, 0.25) is 0 Å². The molecule has 24 heavy (non-hydrogen) atoms. The number of amides is 1. The summed E-state index contributed by atoms with van der Waals surface area (Å²) in [6, 6.07) is 15.3. The third-order valence-corrected chi connectivity index (χ3v) is 4.23. The molecule has 6 heteroatoms. The molecular weight excluding hydrogens is 370 g/mol. The van der Waals surface area contributed by atoms with Crippen molar-refractivity contribution >= 4 is 33.7 Å². The van der Waals surface area contributed by atoms with Crippen molar-refractivity contribution in [1.82, 2.24) is 5.43 Å². The number of hydrogen-bond acceptors (Lipinski definition) is 4. The van der Waals surface area contributed by atoms with E-state index < -0.39 is 0 Å². The van der Waals surface area contributed by atoms with Gasteiger partial charge in [-0.2, -0.15) is 5.10 Å². The smallest absolute Gasteiger partial charge is 0.271 e. The monoisotopic (exact) mass is 387 g/mol. The summed E-state index contributed by atoms with van der Waals surface area (Å²) in [5.74, 6) is -0.238. The predicted molar refractivity (Wildman–Crippen MR) is 98.7 cm³/mol. The van der Waals surface area contributed by atoms with Gasteiger partial charge in [0.1, 0.15) is 0 Å². The maximum Gasteiger partial charge on any atom is 0.271 e.